The highest BCUT2D eigenvalue weighted by Crippen LogP contribution is 2.35. The summed E-state index contributed by atoms with van der Waals surface area (Å²) in [6.45, 7) is 1.61. The number of rotatable bonds is 3. The van der Waals surface area contributed by atoms with Gasteiger partial charge >= 0.3 is 5.97 Å². The Morgan fingerprint density at radius 1 is 1.11 bits per heavy atom. The van der Waals surface area contributed by atoms with Gasteiger partial charge in [0.1, 0.15) is 0 Å². The first-order chi connectivity index (χ1) is 9.15. The predicted molar refractivity (Wildman–Crippen MR) is 70.1 cm³/mol. The minimum atomic E-state index is -0.900. The zero-order chi connectivity index (χ0) is 13.4. The van der Waals surface area contributed by atoms with E-state index in [2.05, 4.69) is 0 Å². The van der Waals surface area contributed by atoms with E-state index in [0.717, 1.165) is 37.9 Å². The van der Waals surface area contributed by atoms with Crippen LogP contribution < -0.4 is 0 Å². The predicted octanol–water partition coefficient (Wildman–Crippen LogP) is 2.11. The van der Waals surface area contributed by atoms with Gasteiger partial charge in [0.15, 0.2) is 0 Å². The molecule has 1 aromatic rings. The summed E-state index contributed by atoms with van der Waals surface area (Å²) in [6.07, 6.45) is 3.07. The van der Waals surface area contributed by atoms with Crippen LogP contribution >= 0.6 is 0 Å². The third-order valence-corrected chi connectivity index (χ3v) is 4.06. The lowest BCUT2D eigenvalue weighted by molar-refractivity contribution is -0.131. The Hall–Kier alpha value is -1.84. The van der Waals surface area contributed by atoms with Crippen molar-refractivity contribution in [3.05, 3.63) is 35.4 Å². The second kappa shape index (κ2) is 4.68. The van der Waals surface area contributed by atoms with Gasteiger partial charge in [-0.15, -0.1) is 0 Å². The first kappa shape index (κ1) is 12.2. The molecule has 1 N–H and O–H groups in total. The van der Waals surface area contributed by atoms with E-state index in [9.17, 15) is 9.59 Å². The number of carbonyl (C=O) groups is 2. The van der Waals surface area contributed by atoms with Crippen LogP contribution in [-0.4, -0.2) is 35.0 Å². The first-order valence-electron chi connectivity index (χ1n) is 6.77. The van der Waals surface area contributed by atoms with E-state index in [0.29, 0.717) is 17.4 Å². The van der Waals surface area contributed by atoms with Crippen molar-refractivity contribution >= 4 is 11.9 Å². The van der Waals surface area contributed by atoms with Gasteiger partial charge in [-0.25, -0.2) is 4.79 Å². The fourth-order valence-corrected chi connectivity index (χ4v) is 2.72. The quantitative estimate of drug-likeness (QED) is 0.904. The normalized spacial score (nSPS) is 22.5. The van der Waals surface area contributed by atoms with Crippen molar-refractivity contribution in [3.8, 4) is 0 Å². The average Bonchev–Trinajstić information content (AvgIpc) is 3.15. The fraction of sp³-hybridized carbons (Fsp3) is 0.467. The van der Waals surface area contributed by atoms with Crippen LogP contribution in [0.5, 0.6) is 0 Å². The van der Waals surface area contributed by atoms with Crippen LogP contribution in [0.4, 0.5) is 0 Å². The summed E-state index contributed by atoms with van der Waals surface area (Å²) in [5, 5.41) is 8.87. The van der Waals surface area contributed by atoms with Crippen molar-refractivity contribution in [3.63, 3.8) is 0 Å². The molecular formula is C15H17NO3. The zero-order valence-electron chi connectivity index (χ0n) is 10.7. The molecule has 1 saturated heterocycles. The largest absolute Gasteiger partial charge is 0.478 e. The average molecular weight is 259 g/mol. The molecule has 2 aliphatic rings. The van der Waals surface area contributed by atoms with Crippen LogP contribution in [0.2, 0.25) is 0 Å². The summed E-state index contributed by atoms with van der Waals surface area (Å²) in [5.74, 6) is 0.0480. The maximum atomic E-state index is 12.0. The smallest absolute Gasteiger partial charge is 0.335 e. The molecule has 1 unspecified atom stereocenters. The summed E-state index contributed by atoms with van der Waals surface area (Å²) in [6, 6.07) is 7.03. The van der Waals surface area contributed by atoms with E-state index in [-0.39, 0.29) is 5.92 Å². The third kappa shape index (κ3) is 2.48. The molecule has 1 aliphatic carbocycles. The van der Waals surface area contributed by atoms with Gasteiger partial charge in [0.05, 0.1) is 5.56 Å². The van der Waals surface area contributed by atoms with Gasteiger partial charge in [0.2, 0.25) is 5.91 Å². The number of hydrogen-bond donors (Lipinski definition) is 1. The van der Waals surface area contributed by atoms with E-state index in [1.165, 1.54) is 0 Å². The molecule has 2 fully saturated rings. The lowest BCUT2D eigenvalue weighted by Gasteiger charge is -2.16. The summed E-state index contributed by atoms with van der Waals surface area (Å²) in [4.78, 5) is 24.7. The third-order valence-electron chi connectivity index (χ3n) is 4.06. The lowest BCUT2D eigenvalue weighted by atomic mass is 9.97. The van der Waals surface area contributed by atoms with Crippen molar-refractivity contribution in [1.82, 2.24) is 4.90 Å². The van der Waals surface area contributed by atoms with E-state index in [1.807, 2.05) is 17.0 Å². The molecule has 1 aromatic carbocycles. The number of nitrogens with zero attached hydrogens (tertiary/aromatic N) is 1. The molecule has 4 heteroatoms. The van der Waals surface area contributed by atoms with Gasteiger partial charge in [0.25, 0.3) is 0 Å². The summed E-state index contributed by atoms with van der Waals surface area (Å²) >= 11 is 0. The van der Waals surface area contributed by atoms with Crippen molar-refractivity contribution in [2.24, 2.45) is 5.92 Å². The minimum absolute atomic E-state index is 0.285. The van der Waals surface area contributed by atoms with Gasteiger partial charge in [-0.05, 0) is 37.0 Å². The molecule has 1 heterocycles. The lowest BCUT2D eigenvalue weighted by Crippen LogP contribution is -2.29. The summed E-state index contributed by atoms with van der Waals surface area (Å²) in [7, 11) is 0. The fourth-order valence-electron chi connectivity index (χ4n) is 2.72. The SMILES string of the molecule is O=C(O)c1ccc(C2CCN(C(=O)C3CC3)C2)cc1. The van der Waals surface area contributed by atoms with Crippen LogP contribution in [0.15, 0.2) is 24.3 Å². The summed E-state index contributed by atoms with van der Waals surface area (Å²) in [5.41, 5.74) is 1.45. The monoisotopic (exact) mass is 259 g/mol. The first-order valence-corrected chi connectivity index (χ1v) is 6.77. The van der Waals surface area contributed by atoms with Crippen LogP contribution in [0.1, 0.15) is 41.1 Å². The molecule has 1 amide bonds. The topological polar surface area (TPSA) is 57.6 Å². The van der Waals surface area contributed by atoms with E-state index in [4.69, 9.17) is 5.11 Å². The van der Waals surface area contributed by atoms with Gasteiger partial charge in [-0.3, -0.25) is 4.79 Å². The van der Waals surface area contributed by atoms with Gasteiger partial charge in [-0.2, -0.15) is 0 Å². The van der Waals surface area contributed by atoms with Crippen LogP contribution in [0.25, 0.3) is 0 Å². The Kier molecular flexibility index (Phi) is 3.01. The molecule has 1 saturated carbocycles. The minimum Gasteiger partial charge on any atom is -0.478 e. The highest BCUT2D eigenvalue weighted by atomic mass is 16.4. The molecule has 100 valence electrons. The highest BCUT2D eigenvalue weighted by Gasteiger charge is 2.36. The molecule has 0 radical (unpaired) electrons. The molecular weight excluding hydrogens is 242 g/mol. The Balaban J connectivity index is 1.66. The number of benzene rings is 1. The molecule has 0 spiro atoms. The van der Waals surface area contributed by atoms with E-state index >= 15 is 0 Å². The van der Waals surface area contributed by atoms with Crippen molar-refractivity contribution in [1.29, 1.82) is 0 Å². The number of likely N-dealkylation sites (tertiary alicyclic amines) is 1. The second-order valence-electron chi connectivity index (χ2n) is 5.47. The number of aromatic carboxylic acids is 1. The van der Waals surface area contributed by atoms with Gasteiger partial charge < -0.3 is 10.0 Å². The second-order valence-corrected chi connectivity index (χ2v) is 5.47. The number of hydrogen-bond acceptors (Lipinski definition) is 2. The number of carboxylic acid groups (broad SMARTS) is 1. The highest BCUT2D eigenvalue weighted by molar-refractivity contribution is 5.87. The molecule has 1 atom stereocenters. The van der Waals surface area contributed by atoms with Gasteiger partial charge in [-0.1, -0.05) is 12.1 Å². The maximum Gasteiger partial charge on any atom is 0.335 e. The summed E-state index contributed by atoms with van der Waals surface area (Å²) < 4.78 is 0. The number of carbonyl (C=O) groups excluding carboxylic acids is 1. The van der Waals surface area contributed by atoms with Crippen molar-refractivity contribution in [2.75, 3.05) is 13.1 Å². The Labute approximate surface area is 112 Å². The Bertz CT molecular complexity index is 505. The molecule has 1 aliphatic heterocycles. The number of amides is 1. The molecule has 4 nitrogen and oxygen atoms in total. The molecule has 0 bridgehead atoms. The van der Waals surface area contributed by atoms with E-state index in [1.54, 1.807) is 12.1 Å². The maximum absolute atomic E-state index is 12.0. The Morgan fingerprint density at radius 3 is 2.37 bits per heavy atom. The van der Waals surface area contributed by atoms with E-state index < -0.39 is 5.97 Å². The number of carboxylic acids is 1. The Morgan fingerprint density at radius 2 is 1.79 bits per heavy atom. The zero-order valence-corrected chi connectivity index (χ0v) is 10.7. The van der Waals surface area contributed by atoms with Crippen molar-refractivity contribution in [2.45, 2.75) is 25.2 Å². The van der Waals surface area contributed by atoms with Crippen LogP contribution in [0, 0.1) is 5.92 Å². The van der Waals surface area contributed by atoms with Crippen LogP contribution in [0.3, 0.4) is 0 Å². The molecule has 3 rings (SSSR count). The molecule has 19 heavy (non-hydrogen) atoms. The standard InChI is InChI=1S/C15H17NO3/c17-14(11-3-4-11)16-8-7-13(9-16)10-1-5-12(6-2-10)15(18)19/h1-2,5-6,11,13H,3-4,7-9H2,(H,18,19). The van der Waals surface area contributed by atoms with Gasteiger partial charge in [0, 0.05) is 24.9 Å². The van der Waals surface area contributed by atoms with Crippen LogP contribution in [-0.2, 0) is 4.79 Å². The van der Waals surface area contributed by atoms with Crippen molar-refractivity contribution < 1.29 is 14.7 Å². The molecule has 0 aromatic heterocycles.